The lowest BCUT2D eigenvalue weighted by molar-refractivity contribution is -0.116. The van der Waals surface area contributed by atoms with E-state index in [-0.39, 0.29) is 6.42 Å². The quantitative estimate of drug-likeness (QED) is 0.671. The zero-order chi connectivity index (χ0) is 15.7. The number of hydrogen-bond donors (Lipinski definition) is 2. The molecule has 0 radical (unpaired) electrons. The minimum absolute atomic E-state index is 0.181. The van der Waals surface area contributed by atoms with Crippen molar-refractivity contribution in [3.05, 3.63) is 11.6 Å². The molecule has 124 valence electrons. The van der Waals surface area contributed by atoms with E-state index in [0.717, 1.165) is 18.8 Å². The molecule has 0 heterocycles. The van der Waals surface area contributed by atoms with E-state index < -0.39 is 23.8 Å². The molecule has 0 aromatic heterocycles. The summed E-state index contributed by atoms with van der Waals surface area (Å²) in [5.41, 5.74) is 0.699. The Bertz CT molecular complexity index is 504. The predicted octanol–water partition coefficient (Wildman–Crippen LogP) is 3.62. The Balaban J connectivity index is 1.74. The summed E-state index contributed by atoms with van der Waals surface area (Å²) in [6.07, 6.45) is 6.51. The molecule has 8 atom stereocenters. The molecule has 0 amide bonds. The van der Waals surface area contributed by atoms with Crippen LogP contribution in [0.15, 0.2) is 11.6 Å². The molecule has 4 rings (SSSR count). The van der Waals surface area contributed by atoms with Gasteiger partial charge in [0.15, 0.2) is 0 Å². The number of rotatable bonds is 0. The van der Waals surface area contributed by atoms with E-state index in [2.05, 4.69) is 13.8 Å². The number of hydrogen-bond acceptors (Lipinski definition) is 2. The third-order valence-corrected chi connectivity index (χ3v) is 8.01. The second-order valence-electron chi connectivity index (χ2n) is 8.86. The maximum atomic E-state index is 14.6. The van der Waals surface area contributed by atoms with Crippen molar-refractivity contribution >= 4 is 0 Å². The number of allylic oxidation sites excluding steroid dienone is 1. The molecule has 4 aliphatic rings. The molecule has 3 saturated carbocycles. The van der Waals surface area contributed by atoms with Gasteiger partial charge in [-0.05, 0) is 60.8 Å². The highest BCUT2D eigenvalue weighted by Crippen LogP contribution is 2.64. The van der Waals surface area contributed by atoms with Crippen molar-refractivity contribution in [2.45, 2.75) is 77.2 Å². The largest absolute Gasteiger partial charge is 0.392 e. The molecule has 0 aromatic rings. The molecule has 3 unspecified atom stereocenters. The van der Waals surface area contributed by atoms with E-state index in [1.807, 2.05) is 6.08 Å². The molecule has 3 fully saturated rings. The SMILES string of the molecule is C[C@@]12CCC[C@H]1[C@@H]1CC=C3C(F)C(O)CC(O)[C@]3(C)[C@@H]1CC2. The average Bonchev–Trinajstić information content (AvgIpc) is 2.87. The Kier molecular flexibility index (Phi) is 3.30. The number of halogens is 1. The minimum Gasteiger partial charge on any atom is -0.392 e. The van der Waals surface area contributed by atoms with Gasteiger partial charge in [-0.25, -0.2) is 4.39 Å². The summed E-state index contributed by atoms with van der Waals surface area (Å²) >= 11 is 0. The fourth-order valence-corrected chi connectivity index (χ4v) is 6.70. The molecule has 2 N–H and O–H groups in total. The Morgan fingerprint density at radius 3 is 2.68 bits per heavy atom. The van der Waals surface area contributed by atoms with Crippen LogP contribution in [0.25, 0.3) is 0 Å². The van der Waals surface area contributed by atoms with Crippen molar-refractivity contribution in [1.82, 2.24) is 0 Å². The van der Waals surface area contributed by atoms with Crippen molar-refractivity contribution in [1.29, 1.82) is 0 Å². The lowest BCUT2D eigenvalue weighted by Crippen LogP contribution is -2.58. The second kappa shape index (κ2) is 4.80. The van der Waals surface area contributed by atoms with Gasteiger partial charge >= 0.3 is 0 Å². The summed E-state index contributed by atoms with van der Waals surface area (Å²) in [6, 6.07) is 0. The molecule has 0 saturated heterocycles. The Hall–Kier alpha value is -0.410. The van der Waals surface area contributed by atoms with E-state index in [1.165, 1.54) is 25.7 Å². The van der Waals surface area contributed by atoms with Gasteiger partial charge in [0, 0.05) is 11.8 Å². The third-order valence-electron chi connectivity index (χ3n) is 8.01. The molecular formula is C19H29FO2. The van der Waals surface area contributed by atoms with E-state index in [9.17, 15) is 14.6 Å². The van der Waals surface area contributed by atoms with Gasteiger partial charge in [-0.2, -0.15) is 0 Å². The van der Waals surface area contributed by atoms with Gasteiger partial charge in [-0.3, -0.25) is 0 Å². The van der Waals surface area contributed by atoms with Crippen molar-refractivity contribution in [3.8, 4) is 0 Å². The lowest BCUT2D eigenvalue weighted by Gasteiger charge is -2.59. The molecule has 4 aliphatic carbocycles. The summed E-state index contributed by atoms with van der Waals surface area (Å²) in [4.78, 5) is 0. The molecule has 0 aromatic carbocycles. The number of alkyl halides is 1. The van der Waals surface area contributed by atoms with Crippen LogP contribution in [0.4, 0.5) is 4.39 Å². The molecule has 3 heteroatoms. The summed E-state index contributed by atoms with van der Waals surface area (Å²) in [7, 11) is 0. The topological polar surface area (TPSA) is 40.5 Å². The number of aliphatic hydroxyl groups excluding tert-OH is 2. The van der Waals surface area contributed by atoms with Crippen LogP contribution in [-0.2, 0) is 0 Å². The van der Waals surface area contributed by atoms with Gasteiger partial charge in [0.25, 0.3) is 0 Å². The first-order valence-corrected chi connectivity index (χ1v) is 9.08. The first-order chi connectivity index (χ1) is 10.4. The number of fused-ring (bicyclic) bond motifs is 5. The van der Waals surface area contributed by atoms with Crippen LogP contribution < -0.4 is 0 Å². The van der Waals surface area contributed by atoms with Gasteiger partial charge in [0.2, 0.25) is 0 Å². The Morgan fingerprint density at radius 2 is 1.91 bits per heavy atom. The van der Waals surface area contributed by atoms with E-state index in [4.69, 9.17) is 0 Å². The molecule has 2 nitrogen and oxygen atoms in total. The molecule has 0 aliphatic heterocycles. The van der Waals surface area contributed by atoms with Gasteiger partial charge < -0.3 is 10.2 Å². The smallest absolute Gasteiger partial charge is 0.148 e. The summed E-state index contributed by atoms with van der Waals surface area (Å²) in [5.74, 6) is 1.70. The van der Waals surface area contributed by atoms with Crippen LogP contribution in [0.1, 0.15) is 58.8 Å². The van der Waals surface area contributed by atoms with Gasteiger partial charge in [-0.15, -0.1) is 0 Å². The molecular weight excluding hydrogens is 279 g/mol. The normalized spacial score (nSPS) is 57.6. The molecule has 0 bridgehead atoms. The number of aliphatic hydroxyl groups is 2. The monoisotopic (exact) mass is 308 g/mol. The van der Waals surface area contributed by atoms with Crippen LogP contribution in [0.5, 0.6) is 0 Å². The highest BCUT2D eigenvalue weighted by atomic mass is 19.1. The summed E-state index contributed by atoms with van der Waals surface area (Å²) in [5, 5.41) is 20.6. The van der Waals surface area contributed by atoms with Crippen molar-refractivity contribution in [3.63, 3.8) is 0 Å². The van der Waals surface area contributed by atoms with E-state index in [1.54, 1.807) is 0 Å². The van der Waals surface area contributed by atoms with E-state index >= 15 is 0 Å². The third kappa shape index (κ3) is 1.78. The van der Waals surface area contributed by atoms with Crippen molar-refractivity contribution < 1.29 is 14.6 Å². The zero-order valence-corrected chi connectivity index (χ0v) is 13.8. The lowest BCUT2D eigenvalue weighted by atomic mass is 9.47. The van der Waals surface area contributed by atoms with Gasteiger partial charge in [-0.1, -0.05) is 26.3 Å². The highest BCUT2D eigenvalue weighted by molar-refractivity contribution is 5.31. The summed E-state index contributed by atoms with van der Waals surface area (Å²) < 4.78 is 14.6. The predicted molar refractivity (Wildman–Crippen MR) is 84.0 cm³/mol. The van der Waals surface area contributed by atoms with Crippen LogP contribution >= 0.6 is 0 Å². The Labute approximate surface area is 132 Å². The molecule has 22 heavy (non-hydrogen) atoms. The minimum atomic E-state index is -1.29. The maximum absolute atomic E-state index is 14.6. The van der Waals surface area contributed by atoms with Gasteiger partial charge in [0.05, 0.1) is 12.2 Å². The second-order valence-corrected chi connectivity index (χ2v) is 8.86. The Morgan fingerprint density at radius 1 is 1.14 bits per heavy atom. The molecule has 0 spiro atoms. The standard InChI is InChI=1S/C19H29FO2/c1-18-8-3-4-12(18)11-5-6-14-17(20)15(21)10-16(22)19(14,2)13(11)7-9-18/h6,11-13,15-17,21-22H,3-5,7-10H2,1-2H3/t11-,12-,13+,15?,16?,17?,18-,19+/m0/s1. The fraction of sp³-hybridized carbons (Fsp3) is 0.895. The van der Waals surface area contributed by atoms with Crippen molar-refractivity contribution in [2.75, 3.05) is 0 Å². The zero-order valence-electron chi connectivity index (χ0n) is 13.8. The van der Waals surface area contributed by atoms with Crippen LogP contribution in [-0.4, -0.2) is 28.6 Å². The van der Waals surface area contributed by atoms with Gasteiger partial charge in [0.1, 0.15) is 6.17 Å². The van der Waals surface area contributed by atoms with Crippen LogP contribution in [0.3, 0.4) is 0 Å². The first-order valence-electron chi connectivity index (χ1n) is 9.08. The first kappa shape index (κ1) is 15.1. The maximum Gasteiger partial charge on any atom is 0.148 e. The van der Waals surface area contributed by atoms with Crippen molar-refractivity contribution in [2.24, 2.45) is 28.6 Å². The van der Waals surface area contributed by atoms with Crippen LogP contribution in [0, 0.1) is 28.6 Å². The average molecular weight is 308 g/mol. The highest BCUT2D eigenvalue weighted by Gasteiger charge is 2.60. The van der Waals surface area contributed by atoms with E-state index in [0.29, 0.717) is 22.8 Å². The van der Waals surface area contributed by atoms with Crippen LogP contribution in [0.2, 0.25) is 0 Å². The fourth-order valence-electron chi connectivity index (χ4n) is 6.70. The summed E-state index contributed by atoms with van der Waals surface area (Å²) in [6.45, 7) is 4.51.